The van der Waals surface area contributed by atoms with Crippen LogP contribution in [0.25, 0.3) is 0 Å². The molecule has 8 heteroatoms. The molecule has 2 atom stereocenters. The second-order valence-corrected chi connectivity index (χ2v) is 7.82. The fraction of sp³-hybridized carbons (Fsp3) is 0.467. The maximum absolute atomic E-state index is 11.7. The maximum atomic E-state index is 11.7. The average Bonchev–Trinajstić information content (AvgIpc) is 2.91. The number of nitrogens with one attached hydrogen (secondary N) is 2. The van der Waals surface area contributed by atoms with Gasteiger partial charge in [-0.2, -0.15) is 0 Å². The molecular weight excluding hydrogens is 318 g/mol. The van der Waals surface area contributed by atoms with E-state index in [1.807, 2.05) is 12.1 Å². The minimum absolute atomic E-state index is 0.0626. The summed E-state index contributed by atoms with van der Waals surface area (Å²) in [6, 6.07) is 6.82. The van der Waals surface area contributed by atoms with Gasteiger partial charge in [0.2, 0.25) is 10.0 Å². The Morgan fingerprint density at radius 3 is 2.52 bits per heavy atom. The van der Waals surface area contributed by atoms with Crippen LogP contribution in [0, 0.1) is 0 Å². The molecule has 1 saturated carbocycles. The van der Waals surface area contributed by atoms with E-state index in [2.05, 4.69) is 10.6 Å². The summed E-state index contributed by atoms with van der Waals surface area (Å²) < 4.78 is 22.1. The third-order valence-corrected chi connectivity index (χ3v) is 5.28. The van der Waals surface area contributed by atoms with Gasteiger partial charge >= 0.3 is 6.03 Å². The first kappa shape index (κ1) is 17.4. The minimum Gasteiger partial charge on any atom is -0.337 e. The molecule has 0 spiro atoms. The van der Waals surface area contributed by atoms with Gasteiger partial charge in [-0.05, 0) is 37.0 Å². The number of amides is 2. The summed E-state index contributed by atoms with van der Waals surface area (Å²) in [6.45, 7) is 1.36. The highest BCUT2D eigenvalue weighted by molar-refractivity contribution is 7.89. The third-order valence-electron chi connectivity index (χ3n) is 4.00. The molecule has 0 radical (unpaired) electrons. The van der Waals surface area contributed by atoms with Crippen LogP contribution in [-0.4, -0.2) is 32.0 Å². The quantitative estimate of drug-likeness (QED) is 0.749. The standard InChI is InChI=1S/C15H21N3O4S/c1-10(23(16,21)22)9-17-15(20)18-13-5-2-11(3-6-13)12-4-7-14(19)8-12/h2-3,5-6,10,12H,4,7-9H2,1H3,(H2,16,21,22)(H2,17,18,20). The van der Waals surface area contributed by atoms with Crippen LogP contribution in [0.1, 0.15) is 37.7 Å². The Bertz CT molecular complexity index is 685. The number of primary sulfonamides is 1. The van der Waals surface area contributed by atoms with E-state index in [9.17, 15) is 18.0 Å². The summed E-state index contributed by atoms with van der Waals surface area (Å²) in [6.07, 6.45) is 2.09. The molecule has 2 unspecified atom stereocenters. The molecule has 0 aliphatic heterocycles. The van der Waals surface area contributed by atoms with Crippen molar-refractivity contribution in [1.29, 1.82) is 0 Å². The summed E-state index contributed by atoms with van der Waals surface area (Å²) >= 11 is 0. The van der Waals surface area contributed by atoms with Crippen molar-refractivity contribution in [3.05, 3.63) is 29.8 Å². The monoisotopic (exact) mass is 339 g/mol. The van der Waals surface area contributed by atoms with Crippen LogP contribution in [-0.2, 0) is 14.8 Å². The summed E-state index contributed by atoms with van der Waals surface area (Å²) in [7, 11) is -3.66. The Morgan fingerprint density at radius 2 is 2.00 bits per heavy atom. The number of anilines is 1. The highest BCUT2D eigenvalue weighted by Crippen LogP contribution is 2.32. The fourth-order valence-corrected chi connectivity index (χ4v) is 2.78. The van der Waals surface area contributed by atoms with Crippen LogP contribution < -0.4 is 15.8 Å². The second-order valence-electron chi connectivity index (χ2n) is 5.84. The van der Waals surface area contributed by atoms with Gasteiger partial charge in [-0.25, -0.2) is 18.4 Å². The number of rotatable bonds is 5. The lowest BCUT2D eigenvalue weighted by atomic mass is 9.97. The minimum atomic E-state index is -3.66. The Morgan fingerprint density at radius 1 is 1.35 bits per heavy atom. The molecule has 0 bridgehead atoms. The third kappa shape index (κ3) is 5.04. The number of hydrogen-bond donors (Lipinski definition) is 3. The summed E-state index contributed by atoms with van der Waals surface area (Å²) in [5.74, 6) is 0.557. The van der Waals surface area contributed by atoms with Crippen molar-refractivity contribution in [1.82, 2.24) is 5.32 Å². The number of Topliss-reactive ketones (excluding diaryl/α,β-unsaturated/α-hetero) is 1. The molecule has 2 rings (SSSR count). The zero-order chi connectivity index (χ0) is 17.0. The van der Waals surface area contributed by atoms with E-state index < -0.39 is 21.3 Å². The second kappa shape index (κ2) is 7.10. The van der Waals surface area contributed by atoms with E-state index in [4.69, 9.17) is 5.14 Å². The number of carbonyl (C=O) groups excluding carboxylic acids is 2. The van der Waals surface area contributed by atoms with Crippen molar-refractivity contribution in [2.45, 2.75) is 37.4 Å². The van der Waals surface area contributed by atoms with E-state index in [0.717, 1.165) is 12.0 Å². The van der Waals surface area contributed by atoms with Gasteiger partial charge in [-0.3, -0.25) is 4.79 Å². The lowest BCUT2D eigenvalue weighted by molar-refractivity contribution is -0.117. The molecule has 1 fully saturated rings. The lowest BCUT2D eigenvalue weighted by Crippen LogP contribution is -2.39. The van der Waals surface area contributed by atoms with Crippen molar-refractivity contribution < 1.29 is 18.0 Å². The van der Waals surface area contributed by atoms with E-state index in [0.29, 0.717) is 24.3 Å². The smallest absolute Gasteiger partial charge is 0.319 e. The normalized spacial score (nSPS) is 19.4. The SMILES string of the molecule is CC(CNC(=O)Nc1ccc(C2CCC(=O)C2)cc1)S(N)(=O)=O. The van der Waals surface area contributed by atoms with E-state index in [1.54, 1.807) is 12.1 Å². The molecule has 1 aliphatic rings. The summed E-state index contributed by atoms with van der Waals surface area (Å²) in [4.78, 5) is 23.0. The topological polar surface area (TPSA) is 118 Å². The molecular formula is C15H21N3O4S. The first-order valence-corrected chi connectivity index (χ1v) is 9.05. The van der Waals surface area contributed by atoms with Gasteiger partial charge in [0.25, 0.3) is 0 Å². The van der Waals surface area contributed by atoms with Crippen LogP contribution in [0.4, 0.5) is 10.5 Å². The Kier molecular flexibility index (Phi) is 5.38. The number of urea groups is 1. The highest BCUT2D eigenvalue weighted by Gasteiger charge is 2.23. The molecule has 23 heavy (non-hydrogen) atoms. The Balaban J connectivity index is 1.86. The van der Waals surface area contributed by atoms with Gasteiger partial charge in [0.1, 0.15) is 5.78 Å². The zero-order valence-electron chi connectivity index (χ0n) is 12.9. The Labute approximate surface area is 135 Å². The first-order valence-electron chi connectivity index (χ1n) is 7.44. The van der Waals surface area contributed by atoms with Crippen LogP contribution in [0.15, 0.2) is 24.3 Å². The molecule has 0 saturated heterocycles. The molecule has 0 aromatic heterocycles. The molecule has 7 nitrogen and oxygen atoms in total. The molecule has 1 aromatic carbocycles. The van der Waals surface area contributed by atoms with E-state index >= 15 is 0 Å². The maximum Gasteiger partial charge on any atom is 0.319 e. The van der Waals surface area contributed by atoms with Gasteiger partial charge in [-0.1, -0.05) is 12.1 Å². The molecule has 0 heterocycles. The van der Waals surface area contributed by atoms with Crippen LogP contribution in [0.5, 0.6) is 0 Å². The summed E-state index contributed by atoms with van der Waals surface area (Å²) in [5, 5.41) is 9.21. The van der Waals surface area contributed by atoms with Crippen LogP contribution in [0.3, 0.4) is 0 Å². The van der Waals surface area contributed by atoms with Gasteiger partial charge < -0.3 is 10.6 Å². The van der Waals surface area contributed by atoms with Gasteiger partial charge in [-0.15, -0.1) is 0 Å². The van der Waals surface area contributed by atoms with Crippen molar-refractivity contribution in [3.63, 3.8) is 0 Å². The highest BCUT2D eigenvalue weighted by atomic mass is 32.2. The number of sulfonamides is 1. The number of ketones is 1. The average molecular weight is 339 g/mol. The van der Waals surface area contributed by atoms with Crippen molar-refractivity contribution in [2.75, 3.05) is 11.9 Å². The van der Waals surface area contributed by atoms with Crippen molar-refractivity contribution >= 4 is 27.5 Å². The first-order chi connectivity index (χ1) is 10.8. The number of benzene rings is 1. The molecule has 2 amide bonds. The molecule has 1 aromatic rings. The predicted octanol–water partition coefficient (Wildman–Crippen LogP) is 1.32. The Hall–Kier alpha value is -1.93. The largest absolute Gasteiger partial charge is 0.337 e. The van der Waals surface area contributed by atoms with E-state index in [1.165, 1.54) is 6.92 Å². The van der Waals surface area contributed by atoms with Crippen molar-refractivity contribution in [3.8, 4) is 0 Å². The number of nitrogens with two attached hydrogens (primary N) is 1. The molecule has 4 N–H and O–H groups in total. The van der Waals surface area contributed by atoms with Crippen LogP contribution in [0.2, 0.25) is 0 Å². The molecule has 1 aliphatic carbocycles. The molecule has 126 valence electrons. The van der Waals surface area contributed by atoms with Gasteiger partial charge in [0.05, 0.1) is 5.25 Å². The predicted molar refractivity (Wildman–Crippen MR) is 87.6 cm³/mol. The van der Waals surface area contributed by atoms with E-state index in [-0.39, 0.29) is 12.5 Å². The van der Waals surface area contributed by atoms with Crippen molar-refractivity contribution in [2.24, 2.45) is 5.14 Å². The summed E-state index contributed by atoms with van der Waals surface area (Å²) in [5.41, 5.74) is 1.68. The lowest BCUT2D eigenvalue weighted by Gasteiger charge is -2.13. The fourth-order valence-electron chi connectivity index (χ4n) is 2.47. The van der Waals surface area contributed by atoms with Gasteiger partial charge in [0, 0.05) is 25.1 Å². The number of carbonyl (C=O) groups is 2. The van der Waals surface area contributed by atoms with Gasteiger partial charge in [0.15, 0.2) is 0 Å². The van der Waals surface area contributed by atoms with Crippen LogP contribution >= 0.6 is 0 Å². The number of hydrogen-bond acceptors (Lipinski definition) is 4. The zero-order valence-corrected chi connectivity index (χ0v) is 13.7.